The summed E-state index contributed by atoms with van der Waals surface area (Å²) in [4.78, 5) is 13.8. The highest BCUT2D eigenvalue weighted by Crippen LogP contribution is 2.45. The predicted octanol–water partition coefficient (Wildman–Crippen LogP) is 6.73. The molecule has 1 aliphatic rings. The lowest BCUT2D eigenvalue weighted by atomic mass is 9.89. The molecule has 0 radical (unpaired) electrons. The Morgan fingerprint density at radius 1 is 0.942 bits per heavy atom. The summed E-state index contributed by atoms with van der Waals surface area (Å²) < 4.78 is 12.4. The molecule has 0 aromatic heterocycles. The average molecular weight is 751 g/mol. The number of Topliss-reactive ketones (excluding diaryl/α,β-unsaturated/α-hetero) is 1. The SMILES string of the molecule is CNCc1cc(O)cc([C@@H](NCCCCO)O[C@H]2CC[C@H](O)CSSCc3c(ccc4ccc(O)cc34)-c3c(ccc(O)c3OC)CCC(=O)C2)c1. The van der Waals surface area contributed by atoms with E-state index in [1.165, 1.54) is 7.11 Å². The van der Waals surface area contributed by atoms with E-state index in [4.69, 9.17) is 9.47 Å². The molecule has 3 atom stereocenters. The van der Waals surface area contributed by atoms with Gasteiger partial charge in [-0.2, -0.15) is 0 Å². The Morgan fingerprint density at radius 3 is 2.56 bits per heavy atom. The van der Waals surface area contributed by atoms with Gasteiger partial charge in [0.2, 0.25) is 0 Å². The smallest absolute Gasteiger partial charge is 0.168 e. The molecule has 0 saturated carbocycles. The largest absolute Gasteiger partial charge is 0.508 e. The summed E-state index contributed by atoms with van der Waals surface area (Å²) in [6, 6.07) is 18.0. The van der Waals surface area contributed by atoms with Crippen molar-refractivity contribution in [1.29, 1.82) is 0 Å². The van der Waals surface area contributed by atoms with Crippen LogP contribution in [0.4, 0.5) is 0 Å². The quantitative estimate of drug-likeness (QED) is 0.0493. The topological polar surface area (TPSA) is 161 Å². The Balaban J connectivity index is 1.48. The number of unbranched alkanes of at least 4 members (excludes halogenated alkanes) is 1. The lowest BCUT2D eigenvalue weighted by Gasteiger charge is -2.27. The Hall–Kier alpha value is -3.49. The molecule has 12 heteroatoms. The minimum absolute atomic E-state index is 0.00935. The molecule has 0 spiro atoms. The van der Waals surface area contributed by atoms with Crippen LogP contribution in [-0.2, 0) is 28.2 Å². The Bertz CT molecular complexity index is 1810. The highest BCUT2D eigenvalue weighted by molar-refractivity contribution is 8.76. The molecular formula is C40H50N2O8S2. The van der Waals surface area contributed by atoms with E-state index >= 15 is 0 Å². The first kappa shape index (κ1) is 39.7. The van der Waals surface area contributed by atoms with Crippen molar-refractivity contribution in [3.05, 3.63) is 82.9 Å². The molecule has 1 aliphatic heterocycles. The van der Waals surface area contributed by atoms with Gasteiger partial charge in [0, 0.05) is 43.1 Å². The summed E-state index contributed by atoms with van der Waals surface area (Å²) in [5, 5.41) is 60.7. The van der Waals surface area contributed by atoms with E-state index in [2.05, 4.69) is 10.6 Å². The minimum Gasteiger partial charge on any atom is -0.508 e. The number of rotatable bonds is 11. The molecule has 4 aromatic rings. The predicted molar refractivity (Wildman–Crippen MR) is 209 cm³/mol. The van der Waals surface area contributed by atoms with Crippen LogP contribution >= 0.6 is 21.6 Å². The number of nitrogens with one attached hydrogen (secondary N) is 2. The van der Waals surface area contributed by atoms with Crippen LogP contribution < -0.4 is 15.4 Å². The molecule has 0 amide bonds. The number of hydrogen-bond donors (Lipinski definition) is 7. The zero-order chi connectivity index (χ0) is 37.0. The molecule has 10 nitrogen and oxygen atoms in total. The number of hydrogen-bond acceptors (Lipinski definition) is 12. The maximum Gasteiger partial charge on any atom is 0.168 e. The second kappa shape index (κ2) is 19.5. The maximum atomic E-state index is 13.8. The van der Waals surface area contributed by atoms with Crippen molar-refractivity contribution in [3.63, 3.8) is 0 Å². The molecule has 1 heterocycles. The molecule has 0 fully saturated rings. The zero-order valence-corrected chi connectivity index (χ0v) is 31.4. The molecule has 7 N–H and O–H groups in total. The molecule has 0 unspecified atom stereocenters. The maximum absolute atomic E-state index is 13.8. The molecule has 280 valence electrons. The van der Waals surface area contributed by atoms with Gasteiger partial charge >= 0.3 is 0 Å². The number of phenols is 3. The number of aromatic hydroxyl groups is 3. The van der Waals surface area contributed by atoms with Crippen LogP contribution in [0.25, 0.3) is 21.9 Å². The molecule has 52 heavy (non-hydrogen) atoms. The van der Waals surface area contributed by atoms with E-state index in [0.29, 0.717) is 68.0 Å². The summed E-state index contributed by atoms with van der Waals surface area (Å²) in [5.41, 5.74) is 4.96. The van der Waals surface area contributed by atoms with E-state index in [1.807, 2.05) is 37.4 Å². The normalized spacial score (nSPS) is 18.1. The van der Waals surface area contributed by atoms with E-state index in [1.54, 1.807) is 51.9 Å². The number of carbonyl (C=O) groups is 1. The van der Waals surface area contributed by atoms with Crippen molar-refractivity contribution < 1.29 is 39.8 Å². The lowest BCUT2D eigenvalue weighted by molar-refractivity contribution is -0.124. The molecular weight excluding hydrogens is 701 g/mol. The van der Waals surface area contributed by atoms with Crippen LogP contribution in [0.1, 0.15) is 67.0 Å². The van der Waals surface area contributed by atoms with Crippen LogP contribution in [0.3, 0.4) is 0 Å². The fourth-order valence-corrected chi connectivity index (χ4v) is 8.98. The van der Waals surface area contributed by atoms with Crippen LogP contribution in [0, 0.1) is 0 Å². The van der Waals surface area contributed by atoms with Crippen molar-refractivity contribution in [1.82, 2.24) is 10.6 Å². The standard InChI is InChI=1S/C40H50N2O8S2/c1-41-22-25-17-28(19-32(47)18-25)40(42-15-3-4-16-43)50-33-12-11-31(46)23-51-52-24-36-34(13-7-26-5-9-30(45)21-35(26)36)38-27(6-10-29(44)20-33)8-14-37(48)39(38)49-2/h5,7-9,13-14,17-19,21,31,33,40-43,45-48H,3-4,6,10-12,15-16,20,22-24H2,1-2H3/t31-,33-,40-/m0/s1. The Morgan fingerprint density at radius 2 is 1.77 bits per heavy atom. The van der Waals surface area contributed by atoms with Crippen LogP contribution in [-0.4, -0.2) is 76.6 Å². The van der Waals surface area contributed by atoms with Crippen molar-refractivity contribution in [3.8, 4) is 34.1 Å². The molecule has 4 aromatic carbocycles. The molecule has 5 rings (SSSR count). The number of methoxy groups -OCH3 is 1. The van der Waals surface area contributed by atoms with Gasteiger partial charge in [-0.3, -0.25) is 10.1 Å². The summed E-state index contributed by atoms with van der Waals surface area (Å²) in [7, 11) is 6.51. The number of aryl methyl sites for hydroxylation is 1. The van der Waals surface area contributed by atoms with Gasteiger partial charge in [-0.25, -0.2) is 0 Å². The van der Waals surface area contributed by atoms with Crippen molar-refractivity contribution >= 4 is 38.1 Å². The van der Waals surface area contributed by atoms with E-state index in [9.17, 15) is 30.3 Å². The number of phenolic OH excluding ortho intramolecular Hbond substituents is 3. The van der Waals surface area contributed by atoms with Crippen molar-refractivity contribution in [2.75, 3.05) is 33.1 Å². The second-order valence-electron chi connectivity index (χ2n) is 13.2. The van der Waals surface area contributed by atoms with E-state index < -0.39 is 18.4 Å². The molecule has 0 bridgehead atoms. The fourth-order valence-electron chi connectivity index (χ4n) is 6.68. The lowest BCUT2D eigenvalue weighted by Crippen LogP contribution is -2.31. The zero-order valence-electron chi connectivity index (χ0n) is 29.8. The summed E-state index contributed by atoms with van der Waals surface area (Å²) >= 11 is 0. The van der Waals surface area contributed by atoms with Gasteiger partial charge in [0.05, 0.1) is 19.3 Å². The van der Waals surface area contributed by atoms with Gasteiger partial charge in [-0.15, -0.1) is 0 Å². The van der Waals surface area contributed by atoms with Gasteiger partial charge in [-0.05, 0) is 115 Å². The van der Waals surface area contributed by atoms with Gasteiger partial charge in [0.1, 0.15) is 23.5 Å². The van der Waals surface area contributed by atoms with Gasteiger partial charge in [0.15, 0.2) is 11.5 Å². The summed E-state index contributed by atoms with van der Waals surface area (Å²) in [5.74, 6) is 1.57. The molecule has 0 aliphatic carbocycles. The highest BCUT2D eigenvalue weighted by atomic mass is 33.1. The number of aliphatic hydroxyl groups is 2. The van der Waals surface area contributed by atoms with Crippen molar-refractivity contribution in [2.45, 2.75) is 75.7 Å². The van der Waals surface area contributed by atoms with Gasteiger partial charge < -0.3 is 40.3 Å². The number of carbonyl (C=O) groups excluding carboxylic acids is 1. The highest BCUT2D eigenvalue weighted by Gasteiger charge is 2.25. The average Bonchev–Trinajstić information content (AvgIpc) is 3.12. The van der Waals surface area contributed by atoms with Crippen LogP contribution in [0.5, 0.6) is 23.0 Å². The fraction of sp³-hybridized carbons (Fsp3) is 0.425. The Labute approximate surface area is 313 Å². The number of ether oxygens (including phenoxy) is 2. The van der Waals surface area contributed by atoms with E-state index in [0.717, 1.165) is 38.6 Å². The second-order valence-corrected chi connectivity index (χ2v) is 15.7. The monoisotopic (exact) mass is 750 g/mol. The van der Waals surface area contributed by atoms with Gasteiger partial charge in [-0.1, -0.05) is 51.9 Å². The number of fused-ring (bicyclic) bond motifs is 5. The first-order chi connectivity index (χ1) is 25.2. The minimum atomic E-state index is -0.639. The number of benzene rings is 4. The van der Waals surface area contributed by atoms with Crippen LogP contribution in [0.15, 0.2) is 60.7 Å². The third kappa shape index (κ3) is 10.6. The Kier molecular flexibility index (Phi) is 14.9. The van der Waals surface area contributed by atoms with Crippen molar-refractivity contribution in [2.24, 2.45) is 0 Å². The summed E-state index contributed by atoms with van der Waals surface area (Å²) in [6.45, 7) is 1.19. The third-order valence-electron chi connectivity index (χ3n) is 9.24. The molecule has 0 saturated heterocycles. The number of aliphatic hydroxyl groups excluding tert-OH is 2. The summed E-state index contributed by atoms with van der Waals surface area (Å²) in [6.07, 6.45) is 1.15. The number of ketones is 1. The van der Waals surface area contributed by atoms with E-state index in [-0.39, 0.29) is 42.5 Å². The van der Waals surface area contributed by atoms with Gasteiger partial charge in [0.25, 0.3) is 0 Å². The van der Waals surface area contributed by atoms with Crippen LogP contribution in [0.2, 0.25) is 0 Å². The first-order valence-corrected chi connectivity index (χ1v) is 20.2. The third-order valence-corrected chi connectivity index (χ3v) is 11.6. The first-order valence-electron chi connectivity index (χ1n) is 17.8.